The third kappa shape index (κ3) is 1.97. The number of rotatable bonds is 1. The maximum Gasteiger partial charge on any atom is 0.335 e. The monoisotopic (exact) mass is 201 g/mol. The van der Waals surface area contributed by atoms with Crippen LogP contribution in [0.2, 0.25) is 0 Å². The lowest BCUT2D eigenvalue weighted by atomic mass is 10.3. The first kappa shape index (κ1) is 10.4. The Labute approximate surface area is 79.3 Å². The van der Waals surface area contributed by atoms with Gasteiger partial charge >= 0.3 is 6.03 Å². The molecule has 1 rings (SSSR count). The molecule has 0 saturated heterocycles. The van der Waals surface area contributed by atoms with Gasteiger partial charge in [0.2, 0.25) is 0 Å². The minimum absolute atomic E-state index is 0.215. The zero-order chi connectivity index (χ0) is 10.7. The zero-order valence-corrected chi connectivity index (χ0v) is 7.42. The van der Waals surface area contributed by atoms with Crippen molar-refractivity contribution in [2.24, 2.45) is 5.84 Å². The molecular formula is C8H9F2N3O. The predicted molar refractivity (Wildman–Crippen MR) is 47.5 cm³/mol. The van der Waals surface area contributed by atoms with Crippen molar-refractivity contribution in [2.45, 2.75) is 0 Å². The lowest BCUT2D eigenvalue weighted by Crippen LogP contribution is -2.41. The summed E-state index contributed by atoms with van der Waals surface area (Å²) in [4.78, 5) is 12.0. The smallest absolute Gasteiger partial charge is 0.296 e. The Morgan fingerprint density at radius 2 is 2.07 bits per heavy atom. The van der Waals surface area contributed by atoms with E-state index < -0.39 is 17.7 Å². The number of hydrazine groups is 1. The van der Waals surface area contributed by atoms with Crippen molar-refractivity contribution in [1.29, 1.82) is 0 Å². The molecule has 0 aliphatic carbocycles. The molecule has 0 aliphatic heterocycles. The molecule has 3 N–H and O–H groups in total. The summed E-state index contributed by atoms with van der Waals surface area (Å²) in [6, 6.07) is 2.50. The maximum atomic E-state index is 12.7. The van der Waals surface area contributed by atoms with Gasteiger partial charge < -0.3 is 0 Å². The van der Waals surface area contributed by atoms with Crippen molar-refractivity contribution in [3.05, 3.63) is 29.8 Å². The second-order valence-electron chi connectivity index (χ2n) is 2.61. The van der Waals surface area contributed by atoms with E-state index >= 15 is 0 Å². The first-order valence-corrected chi connectivity index (χ1v) is 3.75. The van der Waals surface area contributed by atoms with Crippen LogP contribution in [0.15, 0.2) is 18.2 Å². The van der Waals surface area contributed by atoms with E-state index in [1.165, 1.54) is 13.1 Å². The van der Waals surface area contributed by atoms with Crippen LogP contribution < -0.4 is 16.2 Å². The van der Waals surface area contributed by atoms with E-state index in [2.05, 4.69) is 0 Å². The minimum atomic E-state index is -1.01. The molecule has 0 spiro atoms. The number of nitrogens with two attached hydrogens (primary N) is 1. The molecule has 0 aromatic heterocycles. The average molecular weight is 201 g/mol. The highest BCUT2D eigenvalue weighted by Gasteiger charge is 2.11. The number of amides is 2. The summed E-state index contributed by atoms with van der Waals surface area (Å²) in [5.41, 5.74) is 2.08. The number of carbonyl (C=O) groups is 1. The Kier molecular flexibility index (Phi) is 2.98. The number of nitrogens with one attached hydrogen (secondary N) is 1. The summed E-state index contributed by atoms with van der Waals surface area (Å²) in [6.45, 7) is 0. The molecule has 14 heavy (non-hydrogen) atoms. The Balaban J connectivity index is 2.96. The number of benzene rings is 1. The third-order valence-corrected chi connectivity index (χ3v) is 1.72. The Morgan fingerprint density at radius 1 is 1.43 bits per heavy atom. The lowest BCUT2D eigenvalue weighted by molar-refractivity contribution is 0.247. The first-order chi connectivity index (χ1) is 6.56. The van der Waals surface area contributed by atoms with E-state index in [-0.39, 0.29) is 5.69 Å². The molecule has 1 aromatic rings. The van der Waals surface area contributed by atoms with E-state index in [4.69, 9.17) is 5.84 Å². The summed E-state index contributed by atoms with van der Waals surface area (Å²) in [5.74, 6) is 2.89. The molecule has 0 unspecified atom stereocenters. The van der Waals surface area contributed by atoms with Crippen molar-refractivity contribution in [2.75, 3.05) is 11.9 Å². The van der Waals surface area contributed by atoms with Gasteiger partial charge in [0, 0.05) is 18.8 Å². The van der Waals surface area contributed by atoms with E-state index in [0.29, 0.717) is 0 Å². The first-order valence-electron chi connectivity index (χ1n) is 3.75. The van der Waals surface area contributed by atoms with E-state index in [0.717, 1.165) is 17.0 Å². The number of hydrogen-bond donors (Lipinski definition) is 2. The van der Waals surface area contributed by atoms with Crippen molar-refractivity contribution in [3.8, 4) is 0 Å². The maximum absolute atomic E-state index is 12.7. The summed E-state index contributed by atoms with van der Waals surface area (Å²) in [5, 5.41) is 0. The van der Waals surface area contributed by atoms with Gasteiger partial charge in [-0.25, -0.2) is 19.4 Å². The fraction of sp³-hybridized carbons (Fsp3) is 0.125. The molecule has 76 valence electrons. The van der Waals surface area contributed by atoms with Gasteiger partial charge in [0.25, 0.3) is 0 Å². The lowest BCUT2D eigenvalue weighted by Gasteiger charge is -2.16. The van der Waals surface area contributed by atoms with Gasteiger partial charge in [0.15, 0.2) is 11.6 Å². The quantitative estimate of drug-likeness (QED) is 0.404. The zero-order valence-electron chi connectivity index (χ0n) is 7.42. The summed E-state index contributed by atoms with van der Waals surface area (Å²) in [6.07, 6.45) is 0. The second-order valence-corrected chi connectivity index (χ2v) is 2.61. The molecule has 0 radical (unpaired) electrons. The highest BCUT2D eigenvalue weighted by molar-refractivity contribution is 5.90. The molecule has 4 nitrogen and oxygen atoms in total. The van der Waals surface area contributed by atoms with Gasteiger partial charge in [-0.1, -0.05) is 0 Å². The predicted octanol–water partition coefficient (Wildman–Crippen LogP) is 0.984. The van der Waals surface area contributed by atoms with Gasteiger partial charge in [-0.3, -0.25) is 10.3 Å². The number of halogens is 2. The fourth-order valence-corrected chi connectivity index (χ4v) is 0.908. The molecule has 0 saturated carbocycles. The topological polar surface area (TPSA) is 58.4 Å². The molecule has 0 aliphatic rings. The molecule has 2 amide bonds. The van der Waals surface area contributed by atoms with Gasteiger partial charge in [0.1, 0.15) is 0 Å². The summed E-state index contributed by atoms with van der Waals surface area (Å²) in [7, 11) is 1.38. The van der Waals surface area contributed by atoms with E-state index in [9.17, 15) is 13.6 Å². The Hall–Kier alpha value is -1.69. The van der Waals surface area contributed by atoms with Gasteiger partial charge in [0.05, 0.1) is 0 Å². The molecule has 1 aromatic carbocycles. The van der Waals surface area contributed by atoms with Crippen LogP contribution in [0.1, 0.15) is 0 Å². The van der Waals surface area contributed by atoms with Gasteiger partial charge in [-0.05, 0) is 12.1 Å². The van der Waals surface area contributed by atoms with Crippen LogP contribution in [-0.2, 0) is 0 Å². The molecule has 0 atom stereocenters. The number of anilines is 1. The van der Waals surface area contributed by atoms with Gasteiger partial charge in [-0.2, -0.15) is 0 Å². The van der Waals surface area contributed by atoms with E-state index in [1.54, 1.807) is 0 Å². The SMILES string of the molecule is CN(C(=O)NN)c1ccc(F)c(F)c1. The standard InChI is InChI=1S/C8H9F2N3O/c1-13(8(14)12-11)5-2-3-6(9)7(10)4-5/h2-4H,11H2,1H3,(H,12,14). The third-order valence-electron chi connectivity index (χ3n) is 1.72. The highest BCUT2D eigenvalue weighted by atomic mass is 19.2. The normalized spacial score (nSPS) is 9.71. The van der Waals surface area contributed by atoms with Crippen molar-refractivity contribution >= 4 is 11.7 Å². The Morgan fingerprint density at radius 3 is 2.57 bits per heavy atom. The molecule has 0 heterocycles. The van der Waals surface area contributed by atoms with Crippen LogP contribution in [0.3, 0.4) is 0 Å². The number of carbonyl (C=O) groups excluding carboxylic acids is 1. The number of urea groups is 1. The molecule has 0 bridgehead atoms. The van der Waals surface area contributed by atoms with E-state index in [1.807, 2.05) is 5.43 Å². The Bertz CT molecular complexity index is 356. The van der Waals surface area contributed by atoms with Crippen LogP contribution in [0, 0.1) is 11.6 Å². The van der Waals surface area contributed by atoms with Crippen molar-refractivity contribution < 1.29 is 13.6 Å². The fourth-order valence-electron chi connectivity index (χ4n) is 0.908. The number of nitrogens with zero attached hydrogens (tertiary/aromatic N) is 1. The van der Waals surface area contributed by atoms with Crippen molar-refractivity contribution in [1.82, 2.24) is 5.43 Å². The van der Waals surface area contributed by atoms with Crippen LogP contribution in [-0.4, -0.2) is 13.1 Å². The average Bonchev–Trinajstić information content (AvgIpc) is 2.20. The van der Waals surface area contributed by atoms with Crippen LogP contribution in [0.25, 0.3) is 0 Å². The summed E-state index contributed by atoms with van der Waals surface area (Å²) >= 11 is 0. The molecule has 0 fully saturated rings. The van der Waals surface area contributed by atoms with Crippen LogP contribution in [0.4, 0.5) is 19.3 Å². The van der Waals surface area contributed by atoms with Crippen LogP contribution >= 0.6 is 0 Å². The highest BCUT2D eigenvalue weighted by Crippen LogP contribution is 2.16. The number of hydrogen-bond acceptors (Lipinski definition) is 2. The molecule has 6 heteroatoms. The van der Waals surface area contributed by atoms with Crippen molar-refractivity contribution in [3.63, 3.8) is 0 Å². The molecular weight excluding hydrogens is 192 g/mol. The minimum Gasteiger partial charge on any atom is -0.296 e. The summed E-state index contributed by atoms with van der Waals surface area (Å²) < 4.78 is 25.3. The van der Waals surface area contributed by atoms with Crippen LogP contribution in [0.5, 0.6) is 0 Å². The van der Waals surface area contributed by atoms with Gasteiger partial charge in [-0.15, -0.1) is 0 Å². The second kappa shape index (κ2) is 4.01. The largest absolute Gasteiger partial charge is 0.335 e.